The van der Waals surface area contributed by atoms with Gasteiger partial charge in [0.25, 0.3) is 0 Å². The van der Waals surface area contributed by atoms with Crippen LogP contribution in [0.3, 0.4) is 0 Å². The first-order chi connectivity index (χ1) is 12.2. The second-order valence-corrected chi connectivity index (χ2v) is 6.90. The van der Waals surface area contributed by atoms with Crippen LogP contribution >= 0.6 is 11.6 Å². The van der Waals surface area contributed by atoms with Crippen LogP contribution in [0.2, 0.25) is 5.02 Å². The number of hydrogen-bond donors (Lipinski definition) is 1. The standard InChI is InChI=1S/C18H23ClN4O2/c19-16-6-2-1-5-15(16)10-20-18(24)8-7-14-4-3-9-23(11-14)12-17-21-13-25-22-17/h1-2,5-6,13-14H,3-4,7-12H2,(H,20,24)/t14-/m1/s1. The van der Waals surface area contributed by atoms with Crippen LogP contribution in [0.15, 0.2) is 35.2 Å². The van der Waals surface area contributed by atoms with Gasteiger partial charge in [0.15, 0.2) is 5.82 Å². The first kappa shape index (κ1) is 17.9. The number of rotatable bonds is 7. The Morgan fingerprint density at radius 3 is 3.08 bits per heavy atom. The molecule has 0 bridgehead atoms. The summed E-state index contributed by atoms with van der Waals surface area (Å²) in [5.41, 5.74) is 0.946. The number of nitrogens with zero attached hydrogens (tertiary/aromatic N) is 3. The normalized spacial score (nSPS) is 18.2. The van der Waals surface area contributed by atoms with Crippen LogP contribution in [0.5, 0.6) is 0 Å². The average molecular weight is 363 g/mol. The van der Waals surface area contributed by atoms with Crippen molar-refractivity contribution in [2.24, 2.45) is 5.92 Å². The number of aromatic nitrogens is 2. The van der Waals surface area contributed by atoms with Gasteiger partial charge in [-0.2, -0.15) is 4.98 Å². The minimum atomic E-state index is 0.0789. The molecule has 1 aromatic heterocycles. The van der Waals surface area contributed by atoms with Crippen molar-refractivity contribution in [2.45, 2.75) is 38.8 Å². The summed E-state index contributed by atoms with van der Waals surface area (Å²) in [5, 5.41) is 7.51. The molecule has 1 aliphatic rings. The van der Waals surface area contributed by atoms with E-state index in [1.165, 1.54) is 12.8 Å². The largest absolute Gasteiger partial charge is 0.352 e. The fourth-order valence-corrected chi connectivity index (χ4v) is 3.45. The monoisotopic (exact) mass is 362 g/mol. The number of hydrogen-bond acceptors (Lipinski definition) is 5. The van der Waals surface area contributed by atoms with Crippen LogP contribution in [0, 0.1) is 5.92 Å². The van der Waals surface area contributed by atoms with Crippen LogP contribution in [-0.4, -0.2) is 34.0 Å². The molecular weight excluding hydrogens is 340 g/mol. The molecule has 1 amide bonds. The fraction of sp³-hybridized carbons (Fsp3) is 0.500. The van der Waals surface area contributed by atoms with E-state index in [-0.39, 0.29) is 5.91 Å². The van der Waals surface area contributed by atoms with E-state index < -0.39 is 0 Å². The van der Waals surface area contributed by atoms with Crippen LogP contribution < -0.4 is 5.32 Å². The van der Waals surface area contributed by atoms with Gasteiger partial charge in [-0.15, -0.1) is 0 Å². The van der Waals surface area contributed by atoms with Gasteiger partial charge >= 0.3 is 0 Å². The van der Waals surface area contributed by atoms with E-state index in [9.17, 15) is 4.79 Å². The first-order valence-electron chi connectivity index (χ1n) is 8.68. The molecule has 2 aromatic rings. The second kappa shape index (κ2) is 8.97. The van der Waals surface area contributed by atoms with Gasteiger partial charge in [-0.1, -0.05) is 35.0 Å². The summed E-state index contributed by atoms with van der Waals surface area (Å²) in [6.07, 6.45) is 5.12. The first-order valence-corrected chi connectivity index (χ1v) is 9.06. The summed E-state index contributed by atoms with van der Waals surface area (Å²) in [7, 11) is 0. The van der Waals surface area contributed by atoms with Gasteiger partial charge in [0.1, 0.15) is 0 Å². The molecule has 2 heterocycles. The van der Waals surface area contributed by atoms with Gasteiger partial charge in [0, 0.05) is 24.5 Å². The van der Waals surface area contributed by atoms with Crippen molar-refractivity contribution < 1.29 is 9.32 Å². The van der Waals surface area contributed by atoms with Crippen LogP contribution in [0.1, 0.15) is 37.1 Å². The summed E-state index contributed by atoms with van der Waals surface area (Å²) < 4.78 is 4.78. The van der Waals surface area contributed by atoms with E-state index in [4.69, 9.17) is 16.1 Å². The number of carbonyl (C=O) groups is 1. The SMILES string of the molecule is O=C(CC[C@H]1CCCN(Cc2ncon2)C1)NCc1ccccc1Cl. The summed E-state index contributed by atoms with van der Waals surface area (Å²) in [6.45, 7) is 3.22. The Labute approximate surface area is 152 Å². The molecule has 1 aliphatic heterocycles. The van der Waals surface area contributed by atoms with E-state index in [1.54, 1.807) is 0 Å². The number of piperidine rings is 1. The number of halogens is 1. The quantitative estimate of drug-likeness (QED) is 0.819. The van der Waals surface area contributed by atoms with E-state index in [2.05, 4.69) is 20.4 Å². The zero-order valence-corrected chi connectivity index (χ0v) is 14.9. The lowest BCUT2D eigenvalue weighted by Gasteiger charge is -2.31. The Morgan fingerprint density at radius 1 is 1.40 bits per heavy atom. The third-order valence-electron chi connectivity index (χ3n) is 4.59. The van der Waals surface area contributed by atoms with Crippen molar-refractivity contribution in [3.63, 3.8) is 0 Å². The molecule has 1 atom stereocenters. The number of nitrogens with one attached hydrogen (secondary N) is 1. The molecule has 6 nitrogen and oxygen atoms in total. The summed E-state index contributed by atoms with van der Waals surface area (Å²) >= 11 is 6.11. The van der Waals surface area contributed by atoms with Gasteiger partial charge in [-0.05, 0) is 43.4 Å². The number of amides is 1. The fourth-order valence-electron chi connectivity index (χ4n) is 3.25. The van der Waals surface area contributed by atoms with Gasteiger partial charge in [-0.25, -0.2) is 0 Å². The molecule has 1 fully saturated rings. The molecule has 1 saturated heterocycles. The zero-order valence-electron chi connectivity index (χ0n) is 14.2. The van der Waals surface area contributed by atoms with Crippen molar-refractivity contribution in [1.82, 2.24) is 20.4 Å². The molecular formula is C18H23ClN4O2. The van der Waals surface area contributed by atoms with Crippen LogP contribution in [0.4, 0.5) is 0 Å². The van der Waals surface area contributed by atoms with Gasteiger partial charge in [0.2, 0.25) is 12.3 Å². The van der Waals surface area contributed by atoms with E-state index >= 15 is 0 Å². The van der Waals surface area contributed by atoms with Gasteiger partial charge in [-0.3, -0.25) is 9.69 Å². The Morgan fingerprint density at radius 2 is 2.28 bits per heavy atom. The van der Waals surface area contributed by atoms with Gasteiger partial charge in [0.05, 0.1) is 6.54 Å². The summed E-state index contributed by atoms with van der Waals surface area (Å²) in [6, 6.07) is 7.58. The topological polar surface area (TPSA) is 71.3 Å². The Hall–Kier alpha value is -1.92. The lowest BCUT2D eigenvalue weighted by atomic mass is 9.93. The predicted molar refractivity (Wildman–Crippen MR) is 94.8 cm³/mol. The zero-order chi connectivity index (χ0) is 17.5. The second-order valence-electron chi connectivity index (χ2n) is 6.50. The summed E-state index contributed by atoms with van der Waals surface area (Å²) in [5.74, 6) is 1.33. The summed E-state index contributed by atoms with van der Waals surface area (Å²) in [4.78, 5) is 18.5. The maximum absolute atomic E-state index is 12.1. The predicted octanol–water partition coefficient (Wildman–Crippen LogP) is 3.03. The molecule has 0 saturated carbocycles. The lowest BCUT2D eigenvalue weighted by Crippen LogP contribution is -2.35. The van der Waals surface area contributed by atoms with Gasteiger partial charge < -0.3 is 9.84 Å². The number of carbonyl (C=O) groups excluding carboxylic acids is 1. The molecule has 1 N–H and O–H groups in total. The molecule has 1 aromatic carbocycles. The number of likely N-dealkylation sites (tertiary alicyclic amines) is 1. The van der Waals surface area contributed by atoms with E-state index in [0.717, 1.165) is 37.3 Å². The molecule has 25 heavy (non-hydrogen) atoms. The maximum Gasteiger partial charge on any atom is 0.220 e. The average Bonchev–Trinajstić information content (AvgIpc) is 3.12. The third kappa shape index (κ3) is 5.54. The molecule has 0 aliphatic carbocycles. The molecule has 0 spiro atoms. The smallest absolute Gasteiger partial charge is 0.220 e. The molecule has 7 heteroatoms. The minimum Gasteiger partial charge on any atom is -0.352 e. The van der Waals surface area contributed by atoms with Crippen molar-refractivity contribution in [2.75, 3.05) is 13.1 Å². The highest BCUT2D eigenvalue weighted by molar-refractivity contribution is 6.31. The Balaban J connectivity index is 1.38. The molecule has 0 unspecified atom stereocenters. The Bertz CT molecular complexity index is 677. The minimum absolute atomic E-state index is 0.0789. The van der Waals surface area contributed by atoms with E-state index in [0.29, 0.717) is 30.5 Å². The highest BCUT2D eigenvalue weighted by Gasteiger charge is 2.21. The van der Waals surface area contributed by atoms with Crippen molar-refractivity contribution in [3.05, 3.63) is 47.1 Å². The highest BCUT2D eigenvalue weighted by Crippen LogP contribution is 2.22. The van der Waals surface area contributed by atoms with Crippen LogP contribution in [-0.2, 0) is 17.9 Å². The Kier molecular flexibility index (Phi) is 6.42. The lowest BCUT2D eigenvalue weighted by molar-refractivity contribution is -0.121. The van der Waals surface area contributed by atoms with Crippen molar-refractivity contribution in [3.8, 4) is 0 Å². The van der Waals surface area contributed by atoms with Crippen molar-refractivity contribution >= 4 is 17.5 Å². The third-order valence-corrected chi connectivity index (χ3v) is 4.96. The highest BCUT2D eigenvalue weighted by atomic mass is 35.5. The number of benzene rings is 1. The van der Waals surface area contributed by atoms with E-state index in [1.807, 2.05) is 24.3 Å². The molecule has 0 radical (unpaired) electrons. The molecule has 3 rings (SSSR count). The maximum atomic E-state index is 12.1. The van der Waals surface area contributed by atoms with Crippen molar-refractivity contribution in [1.29, 1.82) is 0 Å². The van der Waals surface area contributed by atoms with Crippen LogP contribution in [0.25, 0.3) is 0 Å². The molecule has 134 valence electrons.